The van der Waals surface area contributed by atoms with Crippen molar-refractivity contribution < 1.29 is 18.7 Å². The Hall–Kier alpha value is -3.12. The van der Waals surface area contributed by atoms with Gasteiger partial charge in [-0.05, 0) is 44.4 Å². The van der Waals surface area contributed by atoms with Gasteiger partial charge in [-0.15, -0.1) is 0 Å². The molecule has 4 rings (SSSR count). The zero-order valence-electron chi connectivity index (χ0n) is 17.1. The number of hydrogen-bond acceptors (Lipinski definition) is 5. The second-order valence-electron chi connectivity index (χ2n) is 7.53. The Balaban J connectivity index is 1.52. The fourth-order valence-electron chi connectivity index (χ4n) is 3.72. The molecule has 2 atom stereocenters. The van der Waals surface area contributed by atoms with Crippen LogP contribution in [0.5, 0.6) is 5.75 Å². The SMILES string of the molecule is Cc1oc2cc(O[C@H](C)C(=O)NC[C@H]3CCCO3)ccc2c(=O)c1-c1ccccc1. The molecule has 0 bridgehead atoms. The molecule has 6 heteroatoms. The van der Waals surface area contributed by atoms with Crippen LogP contribution in [0.25, 0.3) is 22.1 Å². The van der Waals surface area contributed by atoms with Crippen molar-refractivity contribution in [1.29, 1.82) is 0 Å². The zero-order chi connectivity index (χ0) is 21.1. The van der Waals surface area contributed by atoms with Gasteiger partial charge in [-0.25, -0.2) is 0 Å². The van der Waals surface area contributed by atoms with Gasteiger partial charge in [0.05, 0.1) is 17.1 Å². The summed E-state index contributed by atoms with van der Waals surface area (Å²) < 4.78 is 17.2. The number of fused-ring (bicyclic) bond motifs is 1. The maximum absolute atomic E-state index is 13.0. The van der Waals surface area contributed by atoms with Crippen LogP contribution in [0.4, 0.5) is 0 Å². The molecule has 2 heterocycles. The zero-order valence-corrected chi connectivity index (χ0v) is 17.1. The summed E-state index contributed by atoms with van der Waals surface area (Å²) in [4.78, 5) is 25.3. The van der Waals surface area contributed by atoms with Gasteiger partial charge < -0.3 is 19.2 Å². The van der Waals surface area contributed by atoms with E-state index >= 15 is 0 Å². The maximum Gasteiger partial charge on any atom is 0.260 e. The first-order valence-corrected chi connectivity index (χ1v) is 10.2. The highest BCUT2D eigenvalue weighted by molar-refractivity contribution is 5.84. The maximum atomic E-state index is 13.0. The highest BCUT2D eigenvalue weighted by atomic mass is 16.5. The van der Waals surface area contributed by atoms with Crippen molar-refractivity contribution in [3.63, 3.8) is 0 Å². The van der Waals surface area contributed by atoms with Gasteiger partial charge in [0, 0.05) is 19.2 Å². The van der Waals surface area contributed by atoms with Crippen molar-refractivity contribution in [3.8, 4) is 16.9 Å². The van der Waals surface area contributed by atoms with Crippen LogP contribution in [0.3, 0.4) is 0 Å². The number of aryl methyl sites for hydroxylation is 1. The predicted molar refractivity (Wildman–Crippen MR) is 115 cm³/mol. The second kappa shape index (κ2) is 8.71. The van der Waals surface area contributed by atoms with Crippen LogP contribution in [-0.2, 0) is 9.53 Å². The Morgan fingerprint density at radius 3 is 2.77 bits per heavy atom. The number of rotatable bonds is 6. The van der Waals surface area contributed by atoms with Crippen LogP contribution in [0, 0.1) is 6.92 Å². The van der Waals surface area contributed by atoms with Crippen molar-refractivity contribution in [1.82, 2.24) is 5.32 Å². The van der Waals surface area contributed by atoms with Crippen molar-refractivity contribution in [2.45, 2.75) is 38.9 Å². The van der Waals surface area contributed by atoms with Crippen LogP contribution in [0.15, 0.2) is 57.7 Å². The summed E-state index contributed by atoms with van der Waals surface area (Å²) in [7, 11) is 0. The Kier molecular flexibility index (Phi) is 5.86. The molecular weight excluding hydrogens is 382 g/mol. The molecular formula is C24H25NO5. The summed E-state index contributed by atoms with van der Waals surface area (Å²) >= 11 is 0. The van der Waals surface area contributed by atoms with E-state index in [2.05, 4.69) is 5.32 Å². The monoisotopic (exact) mass is 407 g/mol. The van der Waals surface area contributed by atoms with E-state index in [0.29, 0.717) is 34.6 Å². The average molecular weight is 407 g/mol. The number of carbonyl (C=O) groups is 1. The molecule has 156 valence electrons. The number of ether oxygens (including phenoxy) is 2. The molecule has 1 aromatic heterocycles. The Morgan fingerprint density at radius 2 is 2.03 bits per heavy atom. The van der Waals surface area contributed by atoms with Crippen LogP contribution in [-0.4, -0.2) is 31.3 Å². The molecule has 0 radical (unpaired) electrons. The molecule has 1 aliphatic rings. The molecule has 0 saturated carbocycles. The van der Waals surface area contributed by atoms with Crippen molar-refractivity contribution in [3.05, 3.63) is 64.5 Å². The first kappa shape index (κ1) is 20.2. The van der Waals surface area contributed by atoms with Crippen LogP contribution in [0.2, 0.25) is 0 Å². The summed E-state index contributed by atoms with van der Waals surface area (Å²) in [5.74, 6) is 0.804. The number of hydrogen-bond donors (Lipinski definition) is 1. The standard InChI is InChI=1S/C24H25NO5/c1-15-22(17-7-4-3-5-8-17)23(26)20-11-10-18(13-21(20)30-15)29-16(2)24(27)25-14-19-9-6-12-28-19/h3-5,7-8,10-11,13,16,19H,6,9,12,14H2,1-2H3,(H,25,27)/t16-,19-/m1/s1. The number of benzene rings is 2. The molecule has 0 unspecified atom stereocenters. The molecule has 1 fully saturated rings. The summed E-state index contributed by atoms with van der Waals surface area (Å²) in [5, 5.41) is 3.34. The number of carbonyl (C=O) groups excluding carboxylic acids is 1. The largest absolute Gasteiger partial charge is 0.481 e. The second-order valence-corrected chi connectivity index (χ2v) is 7.53. The lowest BCUT2D eigenvalue weighted by atomic mass is 10.0. The van der Waals surface area contributed by atoms with E-state index in [1.807, 2.05) is 30.3 Å². The van der Waals surface area contributed by atoms with Gasteiger partial charge in [0.15, 0.2) is 6.10 Å². The Morgan fingerprint density at radius 1 is 1.23 bits per heavy atom. The van der Waals surface area contributed by atoms with Crippen LogP contribution >= 0.6 is 0 Å². The molecule has 1 saturated heterocycles. The highest BCUT2D eigenvalue weighted by Crippen LogP contribution is 2.26. The molecule has 1 aliphatic heterocycles. The van der Waals surface area contributed by atoms with Crippen LogP contribution < -0.4 is 15.5 Å². The lowest BCUT2D eigenvalue weighted by Gasteiger charge is -2.17. The third-order valence-electron chi connectivity index (χ3n) is 5.31. The van der Waals surface area contributed by atoms with E-state index in [9.17, 15) is 9.59 Å². The van der Waals surface area contributed by atoms with Gasteiger partial charge in [0.25, 0.3) is 5.91 Å². The summed E-state index contributed by atoms with van der Waals surface area (Å²) in [6.45, 7) is 4.70. The van der Waals surface area contributed by atoms with Gasteiger partial charge in [0.1, 0.15) is 17.1 Å². The normalized spacial score (nSPS) is 17.1. The van der Waals surface area contributed by atoms with E-state index in [4.69, 9.17) is 13.9 Å². The summed E-state index contributed by atoms with van der Waals surface area (Å²) in [6, 6.07) is 14.5. The van der Waals surface area contributed by atoms with E-state index in [-0.39, 0.29) is 17.4 Å². The topological polar surface area (TPSA) is 77.8 Å². The van der Waals surface area contributed by atoms with Gasteiger partial charge in [-0.1, -0.05) is 30.3 Å². The third kappa shape index (κ3) is 4.24. The predicted octanol–water partition coefficient (Wildman–Crippen LogP) is 3.83. The molecule has 1 N–H and O–H groups in total. The first-order valence-electron chi connectivity index (χ1n) is 10.2. The first-order chi connectivity index (χ1) is 14.5. The van der Waals surface area contributed by atoms with E-state index in [1.165, 1.54) is 0 Å². The lowest BCUT2D eigenvalue weighted by molar-refractivity contribution is -0.127. The Labute approximate surface area is 174 Å². The molecule has 3 aromatic rings. The van der Waals surface area contributed by atoms with Gasteiger partial charge in [-0.3, -0.25) is 9.59 Å². The molecule has 6 nitrogen and oxygen atoms in total. The van der Waals surface area contributed by atoms with Crippen molar-refractivity contribution in [2.75, 3.05) is 13.2 Å². The number of amides is 1. The molecule has 1 amide bonds. The fraction of sp³-hybridized carbons (Fsp3) is 0.333. The van der Waals surface area contributed by atoms with E-state index in [1.54, 1.807) is 32.0 Å². The molecule has 0 spiro atoms. The van der Waals surface area contributed by atoms with Gasteiger partial charge in [-0.2, -0.15) is 0 Å². The fourth-order valence-corrected chi connectivity index (χ4v) is 3.72. The van der Waals surface area contributed by atoms with Crippen molar-refractivity contribution >= 4 is 16.9 Å². The van der Waals surface area contributed by atoms with Gasteiger partial charge in [0.2, 0.25) is 5.43 Å². The molecule has 0 aliphatic carbocycles. The lowest BCUT2D eigenvalue weighted by Crippen LogP contribution is -2.40. The van der Waals surface area contributed by atoms with Crippen LogP contribution in [0.1, 0.15) is 25.5 Å². The van der Waals surface area contributed by atoms with Crippen molar-refractivity contribution in [2.24, 2.45) is 0 Å². The average Bonchev–Trinajstić information content (AvgIpc) is 3.26. The van der Waals surface area contributed by atoms with E-state index in [0.717, 1.165) is 25.0 Å². The summed E-state index contributed by atoms with van der Waals surface area (Å²) in [6.07, 6.45) is 1.39. The third-order valence-corrected chi connectivity index (χ3v) is 5.31. The minimum atomic E-state index is -0.680. The van der Waals surface area contributed by atoms with Gasteiger partial charge >= 0.3 is 0 Å². The minimum Gasteiger partial charge on any atom is -0.481 e. The minimum absolute atomic E-state index is 0.0814. The molecule has 2 aromatic carbocycles. The number of nitrogens with one attached hydrogen (secondary N) is 1. The molecule has 30 heavy (non-hydrogen) atoms. The van der Waals surface area contributed by atoms with E-state index < -0.39 is 6.10 Å². The quantitative estimate of drug-likeness (QED) is 0.672. The summed E-state index contributed by atoms with van der Waals surface area (Å²) in [5.41, 5.74) is 1.72. The Bertz CT molecular complexity index is 1100. The highest BCUT2D eigenvalue weighted by Gasteiger charge is 2.20. The smallest absolute Gasteiger partial charge is 0.260 e.